The van der Waals surface area contributed by atoms with Gasteiger partial charge in [0.2, 0.25) is 5.91 Å². The lowest BCUT2D eigenvalue weighted by Gasteiger charge is -2.39. The monoisotopic (exact) mass is 485 g/mol. The maximum absolute atomic E-state index is 15.0. The van der Waals surface area contributed by atoms with Crippen molar-refractivity contribution in [2.75, 3.05) is 25.1 Å². The van der Waals surface area contributed by atoms with Crippen LogP contribution in [-0.4, -0.2) is 59.0 Å². The highest BCUT2D eigenvalue weighted by Gasteiger charge is 2.43. The molecule has 2 aromatic heterocycles. The molecule has 2 aliphatic rings. The number of aromatic nitrogens is 2. The van der Waals surface area contributed by atoms with Crippen molar-refractivity contribution in [2.24, 2.45) is 11.7 Å². The van der Waals surface area contributed by atoms with Crippen LogP contribution in [0.4, 0.5) is 10.1 Å². The summed E-state index contributed by atoms with van der Waals surface area (Å²) in [7, 11) is -3.83. The molecular formula is C23H26FN6O3S. The molecule has 1 amide bonds. The van der Waals surface area contributed by atoms with Crippen LogP contribution in [0, 0.1) is 12.0 Å². The molecular weight excluding hydrogens is 459 g/mol. The zero-order chi connectivity index (χ0) is 24.0. The van der Waals surface area contributed by atoms with Crippen molar-refractivity contribution in [3.63, 3.8) is 0 Å². The quantitative estimate of drug-likeness (QED) is 0.550. The summed E-state index contributed by atoms with van der Waals surface area (Å²) in [6.45, 7) is 3.91. The number of piperidine rings is 1. The van der Waals surface area contributed by atoms with Gasteiger partial charge in [-0.15, -0.1) is 0 Å². The lowest BCUT2D eigenvalue weighted by atomic mass is 9.87. The second-order valence-electron chi connectivity index (χ2n) is 8.57. The highest BCUT2D eigenvalue weighted by molar-refractivity contribution is 7.90. The van der Waals surface area contributed by atoms with E-state index in [1.54, 1.807) is 29.3 Å². The SMILES string of the molecule is CCN1CC[C@H]([C](C(N)=O)N2Cc3c(cnc4c3ccn4S(=O)(=O)c3ccccc3)N2)[C@H](F)C1. The molecule has 0 unspecified atom stereocenters. The number of halogens is 1. The van der Waals surface area contributed by atoms with Gasteiger partial charge in [-0.3, -0.25) is 4.79 Å². The van der Waals surface area contributed by atoms with Crippen LogP contribution in [0.1, 0.15) is 18.9 Å². The minimum absolute atomic E-state index is 0.159. The van der Waals surface area contributed by atoms with Gasteiger partial charge in [-0.25, -0.2) is 26.8 Å². The third kappa shape index (κ3) is 3.73. The topological polar surface area (TPSA) is 114 Å². The van der Waals surface area contributed by atoms with E-state index in [9.17, 15) is 13.2 Å². The Hall–Kier alpha value is -3.02. The van der Waals surface area contributed by atoms with Crippen LogP contribution in [0.2, 0.25) is 0 Å². The number of primary amides is 1. The Morgan fingerprint density at radius 2 is 2.03 bits per heavy atom. The molecule has 0 aliphatic carbocycles. The molecule has 1 aromatic carbocycles. The van der Waals surface area contributed by atoms with Crippen molar-refractivity contribution >= 4 is 32.7 Å². The number of hydrazine groups is 1. The van der Waals surface area contributed by atoms with Crippen LogP contribution in [0.15, 0.2) is 53.7 Å². The number of nitrogens with one attached hydrogen (secondary N) is 1. The Balaban J connectivity index is 1.46. The number of rotatable bonds is 6. The smallest absolute Gasteiger partial charge is 0.269 e. The Kier molecular flexibility index (Phi) is 5.78. The third-order valence-electron chi connectivity index (χ3n) is 6.63. The van der Waals surface area contributed by atoms with Gasteiger partial charge in [-0.05, 0) is 37.7 Å². The lowest BCUT2D eigenvalue weighted by Crippen LogP contribution is -2.51. The van der Waals surface area contributed by atoms with Crippen LogP contribution in [0.3, 0.4) is 0 Å². The normalized spacial score (nSPS) is 21.6. The Morgan fingerprint density at radius 1 is 1.26 bits per heavy atom. The molecule has 11 heteroatoms. The average Bonchev–Trinajstić information content (AvgIpc) is 3.45. The highest BCUT2D eigenvalue weighted by atomic mass is 32.2. The predicted octanol–water partition coefficient (Wildman–Crippen LogP) is 2.11. The fourth-order valence-corrected chi connectivity index (χ4v) is 6.17. The Morgan fingerprint density at radius 3 is 2.71 bits per heavy atom. The summed E-state index contributed by atoms with van der Waals surface area (Å²) in [6.07, 6.45) is 2.28. The number of nitrogens with two attached hydrogens (primary N) is 1. The molecule has 4 heterocycles. The van der Waals surface area contributed by atoms with Crippen molar-refractivity contribution in [3.05, 3.63) is 60.4 Å². The van der Waals surface area contributed by atoms with Gasteiger partial charge in [-0.1, -0.05) is 25.1 Å². The first kappa shape index (κ1) is 22.8. The fraction of sp³-hybridized carbons (Fsp3) is 0.348. The van der Waals surface area contributed by atoms with Crippen molar-refractivity contribution < 1.29 is 17.6 Å². The largest absolute Gasteiger partial charge is 0.368 e. The molecule has 3 aromatic rings. The minimum Gasteiger partial charge on any atom is -0.368 e. The summed E-state index contributed by atoms with van der Waals surface area (Å²) < 4.78 is 42.5. The van der Waals surface area contributed by atoms with E-state index in [1.807, 2.05) is 11.8 Å². The molecule has 179 valence electrons. The van der Waals surface area contributed by atoms with Crippen LogP contribution in [0.25, 0.3) is 11.0 Å². The first-order valence-corrected chi connectivity index (χ1v) is 12.6. The van der Waals surface area contributed by atoms with E-state index in [2.05, 4.69) is 10.4 Å². The maximum Gasteiger partial charge on any atom is 0.269 e. The molecule has 2 atom stereocenters. The van der Waals surface area contributed by atoms with Crippen LogP contribution in [-0.2, 0) is 21.4 Å². The second kappa shape index (κ2) is 8.64. The number of carbonyl (C=O) groups excluding carboxylic acids is 1. The maximum atomic E-state index is 15.0. The number of anilines is 1. The number of amides is 1. The van der Waals surface area contributed by atoms with Gasteiger partial charge in [0, 0.05) is 36.2 Å². The standard InChI is InChI=1S/C23H26FN6O3S/c1-2-28-10-8-17(19(24)14-28)21(22(25)31)29-13-18-16-9-11-30(23(16)26-12-20(18)27-29)34(32,33)15-6-4-3-5-7-15/h3-7,9,11-12,17,19,27H,2,8,10,13-14H2,1H3,(H2,25,31)/t17-,19+/m0/s1. The molecule has 1 fully saturated rings. The van der Waals surface area contributed by atoms with Gasteiger partial charge in [0.05, 0.1) is 16.8 Å². The summed E-state index contributed by atoms with van der Waals surface area (Å²) in [6, 6.07) is 10.0. The first-order valence-electron chi connectivity index (χ1n) is 11.2. The third-order valence-corrected chi connectivity index (χ3v) is 8.31. The summed E-state index contributed by atoms with van der Waals surface area (Å²) in [5.41, 5.74) is 10.5. The second-order valence-corrected chi connectivity index (χ2v) is 10.4. The van der Waals surface area contributed by atoms with Crippen LogP contribution >= 0.6 is 0 Å². The Bertz CT molecular complexity index is 1330. The molecule has 0 spiro atoms. The van der Waals surface area contributed by atoms with Crippen molar-refractivity contribution in [3.8, 4) is 0 Å². The number of carbonyl (C=O) groups is 1. The minimum atomic E-state index is -3.83. The number of hydrogen-bond donors (Lipinski definition) is 2. The van der Waals surface area contributed by atoms with Gasteiger partial charge in [0.15, 0.2) is 11.7 Å². The van der Waals surface area contributed by atoms with Gasteiger partial charge >= 0.3 is 0 Å². The number of fused-ring (bicyclic) bond motifs is 3. The summed E-state index contributed by atoms with van der Waals surface area (Å²) in [4.78, 5) is 19.0. The summed E-state index contributed by atoms with van der Waals surface area (Å²) >= 11 is 0. The number of pyridine rings is 1. The van der Waals surface area contributed by atoms with Crippen LogP contribution in [0.5, 0.6) is 0 Å². The molecule has 0 saturated carbocycles. The molecule has 0 bridgehead atoms. The molecule has 5 rings (SSSR count). The van der Waals surface area contributed by atoms with Gasteiger partial charge < -0.3 is 16.1 Å². The molecule has 34 heavy (non-hydrogen) atoms. The van der Waals surface area contributed by atoms with E-state index in [4.69, 9.17) is 5.73 Å². The molecule has 3 N–H and O–H groups in total. The van der Waals surface area contributed by atoms with Gasteiger partial charge in [-0.2, -0.15) is 0 Å². The van der Waals surface area contributed by atoms with Gasteiger partial charge in [0.25, 0.3) is 10.0 Å². The van der Waals surface area contributed by atoms with E-state index in [0.29, 0.717) is 24.0 Å². The molecule has 2 aliphatic heterocycles. The van der Waals surface area contributed by atoms with E-state index in [-0.39, 0.29) is 29.7 Å². The zero-order valence-electron chi connectivity index (χ0n) is 18.7. The zero-order valence-corrected chi connectivity index (χ0v) is 19.5. The van der Waals surface area contributed by atoms with Crippen LogP contribution < -0.4 is 11.2 Å². The molecule has 1 saturated heterocycles. The number of nitrogens with zero attached hydrogens (tertiary/aromatic N) is 4. The van der Waals surface area contributed by atoms with Crippen molar-refractivity contribution in [1.82, 2.24) is 18.9 Å². The first-order chi connectivity index (χ1) is 16.3. The van der Waals surface area contributed by atoms with Crippen molar-refractivity contribution in [1.29, 1.82) is 0 Å². The lowest BCUT2D eigenvalue weighted by molar-refractivity contribution is -0.120. The fourth-order valence-electron chi connectivity index (χ4n) is 4.85. The van der Waals surface area contributed by atoms with Gasteiger partial charge in [0.1, 0.15) is 6.17 Å². The summed E-state index contributed by atoms with van der Waals surface area (Å²) in [5.74, 6) is -1.29. The number of hydrogen-bond acceptors (Lipinski definition) is 7. The number of alkyl halides is 1. The molecule has 1 radical (unpaired) electrons. The van der Waals surface area contributed by atoms with Crippen molar-refractivity contribution in [2.45, 2.75) is 31.0 Å². The number of benzene rings is 1. The van der Waals surface area contributed by atoms with E-state index < -0.39 is 28.0 Å². The number of likely N-dealkylation sites (tertiary alicyclic amines) is 1. The highest BCUT2D eigenvalue weighted by Crippen LogP contribution is 2.39. The Labute approximate surface area is 197 Å². The van der Waals surface area contributed by atoms with E-state index >= 15 is 4.39 Å². The predicted molar refractivity (Wildman–Crippen MR) is 125 cm³/mol. The van der Waals surface area contributed by atoms with E-state index in [0.717, 1.165) is 16.1 Å². The summed E-state index contributed by atoms with van der Waals surface area (Å²) in [5, 5.41) is 2.21. The average molecular weight is 486 g/mol. The van der Waals surface area contributed by atoms with E-state index in [1.165, 1.54) is 24.5 Å². The molecule has 9 nitrogen and oxygen atoms in total.